The van der Waals surface area contributed by atoms with Crippen molar-refractivity contribution in [2.45, 2.75) is 12.6 Å². The Morgan fingerprint density at radius 3 is 2.82 bits per heavy atom. The van der Waals surface area contributed by atoms with Gasteiger partial charge < -0.3 is 10.3 Å². The number of nitrogens with one attached hydrogen (secondary N) is 2. The third kappa shape index (κ3) is 2.96. The van der Waals surface area contributed by atoms with Crippen LogP contribution in [0.5, 0.6) is 0 Å². The number of imidazole rings is 1. The molecule has 0 spiro atoms. The van der Waals surface area contributed by atoms with Crippen molar-refractivity contribution in [3.05, 3.63) is 11.6 Å². The summed E-state index contributed by atoms with van der Waals surface area (Å²) in [5, 5.41) is 2.47. The van der Waals surface area contributed by atoms with Crippen LogP contribution >= 0.6 is 11.6 Å². The molecular weight excluding hydrogens is 259 g/mol. The van der Waals surface area contributed by atoms with E-state index in [2.05, 4.69) is 25.3 Å². The monoisotopic (exact) mass is 265 g/mol. The predicted octanol–water partition coefficient (Wildman–Crippen LogP) is 2.37. The molecule has 0 atom stereocenters. The molecule has 92 valence electrons. The molecule has 0 saturated carbocycles. The first kappa shape index (κ1) is 11.9. The first-order chi connectivity index (χ1) is 7.96. The van der Waals surface area contributed by atoms with Gasteiger partial charge in [-0.3, -0.25) is 0 Å². The number of H-pyrrole nitrogens is 1. The summed E-state index contributed by atoms with van der Waals surface area (Å²) < 4.78 is 35.9. The molecule has 2 aromatic heterocycles. The summed E-state index contributed by atoms with van der Waals surface area (Å²) in [6.45, 7) is -0.287. The van der Waals surface area contributed by atoms with E-state index in [4.69, 9.17) is 11.6 Å². The fourth-order valence-corrected chi connectivity index (χ4v) is 1.42. The number of anilines is 1. The lowest BCUT2D eigenvalue weighted by atomic mass is 10.4. The van der Waals surface area contributed by atoms with Crippen LogP contribution in [0.2, 0.25) is 5.28 Å². The summed E-state index contributed by atoms with van der Waals surface area (Å²) in [5.41, 5.74) is 0.732. The van der Waals surface area contributed by atoms with Gasteiger partial charge in [0.1, 0.15) is 5.52 Å². The van der Waals surface area contributed by atoms with Crippen molar-refractivity contribution >= 4 is 28.6 Å². The van der Waals surface area contributed by atoms with Crippen LogP contribution in [0, 0.1) is 0 Å². The van der Waals surface area contributed by atoms with E-state index < -0.39 is 12.6 Å². The topological polar surface area (TPSA) is 66.5 Å². The van der Waals surface area contributed by atoms with Crippen LogP contribution in [0.25, 0.3) is 11.2 Å². The van der Waals surface area contributed by atoms with Gasteiger partial charge in [-0.05, 0) is 11.6 Å². The Kier molecular flexibility index (Phi) is 3.05. The van der Waals surface area contributed by atoms with Crippen molar-refractivity contribution in [2.24, 2.45) is 0 Å². The molecule has 0 aliphatic heterocycles. The van der Waals surface area contributed by atoms with E-state index in [1.807, 2.05) is 0 Å². The van der Waals surface area contributed by atoms with Gasteiger partial charge >= 0.3 is 6.18 Å². The van der Waals surface area contributed by atoms with Crippen molar-refractivity contribution in [3.63, 3.8) is 0 Å². The zero-order chi connectivity index (χ0) is 12.5. The first-order valence-electron chi connectivity index (χ1n) is 4.63. The van der Waals surface area contributed by atoms with Gasteiger partial charge in [-0.25, -0.2) is 4.98 Å². The summed E-state index contributed by atoms with van der Waals surface area (Å²) in [6, 6.07) is 0. The smallest absolute Gasteiger partial charge is 0.368 e. The second-order valence-corrected chi connectivity index (χ2v) is 3.57. The highest BCUT2D eigenvalue weighted by Gasteiger charge is 2.26. The summed E-state index contributed by atoms with van der Waals surface area (Å²) in [7, 11) is 0. The van der Waals surface area contributed by atoms with Crippen molar-refractivity contribution < 1.29 is 13.2 Å². The minimum Gasteiger partial charge on any atom is -0.368 e. The van der Waals surface area contributed by atoms with Gasteiger partial charge in [0.2, 0.25) is 5.28 Å². The normalized spacial score (nSPS) is 12.0. The van der Waals surface area contributed by atoms with E-state index in [9.17, 15) is 13.2 Å². The van der Waals surface area contributed by atoms with Crippen LogP contribution in [0.4, 0.5) is 19.0 Å². The number of hydrogen-bond acceptors (Lipinski definition) is 4. The van der Waals surface area contributed by atoms with Crippen LogP contribution < -0.4 is 5.32 Å². The second kappa shape index (κ2) is 4.36. The lowest BCUT2D eigenvalue weighted by molar-refractivity contribution is -0.131. The van der Waals surface area contributed by atoms with E-state index in [-0.39, 0.29) is 17.6 Å². The zero-order valence-electron chi connectivity index (χ0n) is 8.35. The molecule has 2 N–H and O–H groups in total. The minimum atomic E-state index is -4.21. The molecule has 17 heavy (non-hydrogen) atoms. The number of rotatable bonds is 3. The van der Waals surface area contributed by atoms with E-state index in [1.54, 1.807) is 0 Å². The van der Waals surface area contributed by atoms with Gasteiger partial charge in [-0.2, -0.15) is 23.1 Å². The Morgan fingerprint density at radius 1 is 1.35 bits per heavy atom. The number of aromatic amines is 1. The van der Waals surface area contributed by atoms with Gasteiger partial charge in [0.15, 0.2) is 11.5 Å². The van der Waals surface area contributed by atoms with Crippen molar-refractivity contribution in [1.82, 2.24) is 19.9 Å². The molecular formula is C8H7ClF3N5. The third-order valence-corrected chi connectivity index (χ3v) is 2.13. The number of nitrogens with zero attached hydrogens (tertiary/aromatic N) is 3. The van der Waals surface area contributed by atoms with Gasteiger partial charge in [0, 0.05) is 6.54 Å². The second-order valence-electron chi connectivity index (χ2n) is 3.23. The standard InChI is InChI=1S/C8H7ClF3N5/c9-7-16-5(13-2-1-8(10,11)12)4-6(17-7)15-3-14-4/h3H,1-2H2,(H2,13,14,15,16,17). The van der Waals surface area contributed by atoms with Crippen LogP contribution in [0.15, 0.2) is 6.33 Å². The molecule has 2 rings (SSSR count). The molecule has 0 aromatic carbocycles. The van der Waals surface area contributed by atoms with Crippen LogP contribution in [-0.2, 0) is 0 Å². The molecule has 0 radical (unpaired) electrons. The zero-order valence-corrected chi connectivity index (χ0v) is 9.10. The van der Waals surface area contributed by atoms with Crippen molar-refractivity contribution in [2.75, 3.05) is 11.9 Å². The van der Waals surface area contributed by atoms with E-state index in [0.29, 0.717) is 11.2 Å². The Hall–Kier alpha value is -1.57. The molecule has 0 aliphatic rings. The molecule has 9 heteroatoms. The van der Waals surface area contributed by atoms with Crippen molar-refractivity contribution in [3.8, 4) is 0 Å². The maximum absolute atomic E-state index is 12.0. The van der Waals surface area contributed by atoms with E-state index >= 15 is 0 Å². The quantitative estimate of drug-likeness (QED) is 0.836. The number of aromatic nitrogens is 4. The highest BCUT2D eigenvalue weighted by atomic mass is 35.5. The van der Waals surface area contributed by atoms with Gasteiger partial charge in [-0.15, -0.1) is 0 Å². The van der Waals surface area contributed by atoms with Crippen LogP contribution in [0.1, 0.15) is 6.42 Å². The highest BCUT2D eigenvalue weighted by molar-refractivity contribution is 6.28. The molecule has 0 amide bonds. The largest absolute Gasteiger partial charge is 0.390 e. The highest BCUT2D eigenvalue weighted by Crippen LogP contribution is 2.21. The van der Waals surface area contributed by atoms with Gasteiger partial charge in [0.05, 0.1) is 12.7 Å². The molecule has 2 heterocycles. The van der Waals surface area contributed by atoms with E-state index in [0.717, 1.165) is 0 Å². The summed E-state index contributed by atoms with van der Waals surface area (Å²) in [6.07, 6.45) is -3.80. The molecule has 0 saturated heterocycles. The third-order valence-electron chi connectivity index (χ3n) is 1.96. The van der Waals surface area contributed by atoms with Gasteiger partial charge in [-0.1, -0.05) is 0 Å². The summed E-state index contributed by atoms with van der Waals surface area (Å²) in [4.78, 5) is 14.2. The van der Waals surface area contributed by atoms with Gasteiger partial charge in [0.25, 0.3) is 0 Å². The fourth-order valence-electron chi connectivity index (χ4n) is 1.26. The number of halogens is 4. The SMILES string of the molecule is FC(F)(F)CCNc1nc(Cl)nc2nc[nH]c12. The minimum absolute atomic E-state index is 0.0703. The molecule has 5 nitrogen and oxygen atoms in total. The fraction of sp³-hybridized carbons (Fsp3) is 0.375. The first-order valence-corrected chi connectivity index (χ1v) is 5.01. The van der Waals surface area contributed by atoms with Crippen LogP contribution in [-0.4, -0.2) is 32.7 Å². The maximum Gasteiger partial charge on any atom is 0.390 e. The average Bonchev–Trinajstić information content (AvgIpc) is 2.63. The summed E-state index contributed by atoms with van der Waals surface area (Å²) in [5.74, 6) is 0.210. The number of alkyl halides is 3. The molecule has 0 unspecified atom stereocenters. The Bertz CT molecular complexity index is 523. The summed E-state index contributed by atoms with van der Waals surface area (Å²) >= 11 is 5.61. The van der Waals surface area contributed by atoms with Crippen molar-refractivity contribution in [1.29, 1.82) is 0 Å². The molecule has 0 aliphatic carbocycles. The molecule has 2 aromatic rings. The number of hydrogen-bond donors (Lipinski definition) is 2. The Balaban J connectivity index is 2.15. The molecule has 0 fully saturated rings. The molecule has 0 bridgehead atoms. The van der Waals surface area contributed by atoms with E-state index in [1.165, 1.54) is 6.33 Å². The lowest BCUT2D eigenvalue weighted by Crippen LogP contribution is -2.15. The maximum atomic E-state index is 12.0. The Labute approximate surface area is 98.4 Å². The average molecular weight is 266 g/mol. The predicted molar refractivity (Wildman–Crippen MR) is 55.9 cm³/mol. The van der Waals surface area contributed by atoms with Crippen LogP contribution in [0.3, 0.4) is 0 Å². The Morgan fingerprint density at radius 2 is 2.12 bits per heavy atom. The number of fused-ring (bicyclic) bond motifs is 1. The lowest BCUT2D eigenvalue weighted by Gasteiger charge is -2.08.